The maximum atomic E-state index is 12.1. The van der Waals surface area contributed by atoms with Crippen LogP contribution in [-0.4, -0.2) is 17.6 Å². The number of aryl methyl sites for hydroxylation is 1. The van der Waals surface area contributed by atoms with Gasteiger partial charge in [0.25, 0.3) is 5.91 Å². The number of benzene rings is 2. The number of hydrogen-bond donors (Lipinski definition) is 2. The number of carbonyl (C=O) groups excluding carboxylic acids is 1. The quantitative estimate of drug-likeness (QED) is 0.814. The molecule has 6 heteroatoms. The highest BCUT2D eigenvalue weighted by Crippen LogP contribution is 2.19. The highest BCUT2D eigenvalue weighted by atomic mass is 35.5. The van der Waals surface area contributed by atoms with Gasteiger partial charge in [-0.2, -0.15) is 0 Å². The molecule has 0 radical (unpaired) electrons. The SMILES string of the molecule is CCOc1ccc(C(=O)NC(=S)Nc2ccc(C)c(Cl)c2)cc1. The van der Waals surface area contributed by atoms with E-state index in [0.717, 1.165) is 17.0 Å². The van der Waals surface area contributed by atoms with E-state index in [9.17, 15) is 4.79 Å². The minimum Gasteiger partial charge on any atom is -0.494 e. The van der Waals surface area contributed by atoms with Crippen LogP contribution in [0.2, 0.25) is 5.02 Å². The summed E-state index contributed by atoms with van der Waals surface area (Å²) in [5.41, 5.74) is 2.19. The number of hydrogen-bond acceptors (Lipinski definition) is 3. The lowest BCUT2D eigenvalue weighted by molar-refractivity contribution is 0.0977. The average Bonchev–Trinajstić information content (AvgIpc) is 2.52. The molecular weight excluding hydrogens is 332 g/mol. The van der Waals surface area contributed by atoms with Crippen LogP contribution in [0.25, 0.3) is 0 Å². The van der Waals surface area contributed by atoms with Crippen LogP contribution < -0.4 is 15.4 Å². The van der Waals surface area contributed by atoms with Gasteiger partial charge in [-0.3, -0.25) is 10.1 Å². The Balaban J connectivity index is 1.96. The number of nitrogens with one attached hydrogen (secondary N) is 2. The number of ether oxygens (including phenoxy) is 1. The molecule has 0 spiro atoms. The van der Waals surface area contributed by atoms with E-state index in [1.54, 1.807) is 30.3 Å². The van der Waals surface area contributed by atoms with Gasteiger partial charge in [0, 0.05) is 16.3 Å². The molecule has 4 nitrogen and oxygen atoms in total. The standard InChI is InChI=1S/C17H17ClN2O2S/c1-3-22-14-8-5-12(6-9-14)16(21)20-17(23)19-13-7-4-11(2)15(18)10-13/h4-10H,3H2,1-2H3,(H2,19,20,21,23). The molecule has 0 aliphatic carbocycles. The van der Waals surface area contributed by atoms with Crippen LogP contribution in [-0.2, 0) is 0 Å². The second kappa shape index (κ2) is 7.94. The summed E-state index contributed by atoms with van der Waals surface area (Å²) >= 11 is 11.2. The lowest BCUT2D eigenvalue weighted by atomic mass is 10.2. The summed E-state index contributed by atoms with van der Waals surface area (Å²) in [6, 6.07) is 12.3. The molecular formula is C17H17ClN2O2S. The topological polar surface area (TPSA) is 50.4 Å². The van der Waals surface area contributed by atoms with Crippen molar-refractivity contribution in [3.8, 4) is 5.75 Å². The Labute approximate surface area is 145 Å². The van der Waals surface area contributed by atoms with Crippen LogP contribution in [0.4, 0.5) is 5.69 Å². The molecule has 0 aromatic heterocycles. The first-order valence-electron chi connectivity index (χ1n) is 7.11. The Kier molecular flexibility index (Phi) is 5.96. The molecule has 0 atom stereocenters. The largest absolute Gasteiger partial charge is 0.494 e. The molecule has 2 aromatic carbocycles. The van der Waals surface area contributed by atoms with Crippen molar-refractivity contribution in [2.45, 2.75) is 13.8 Å². The molecule has 0 aliphatic rings. The minimum absolute atomic E-state index is 0.212. The van der Waals surface area contributed by atoms with Crippen molar-refractivity contribution < 1.29 is 9.53 Å². The third-order valence-corrected chi connectivity index (χ3v) is 3.70. The Morgan fingerprint density at radius 3 is 2.52 bits per heavy atom. The van der Waals surface area contributed by atoms with E-state index in [1.807, 2.05) is 26.0 Å². The van der Waals surface area contributed by atoms with Gasteiger partial charge < -0.3 is 10.1 Å². The van der Waals surface area contributed by atoms with Crippen LogP contribution >= 0.6 is 23.8 Å². The fraction of sp³-hybridized carbons (Fsp3) is 0.176. The highest BCUT2D eigenvalue weighted by Gasteiger charge is 2.08. The Morgan fingerprint density at radius 2 is 1.91 bits per heavy atom. The summed E-state index contributed by atoms with van der Waals surface area (Å²) in [6.45, 7) is 4.40. The smallest absolute Gasteiger partial charge is 0.257 e. The lowest BCUT2D eigenvalue weighted by Gasteiger charge is -2.11. The fourth-order valence-electron chi connectivity index (χ4n) is 1.88. The van der Waals surface area contributed by atoms with Gasteiger partial charge in [-0.05, 0) is 68.0 Å². The molecule has 0 fully saturated rings. The van der Waals surface area contributed by atoms with Crippen molar-refractivity contribution in [1.29, 1.82) is 0 Å². The van der Waals surface area contributed by atoms with Gasteiger partial charge in [0.15, 0.2) is 5.11 Å². The van der Waals surface area contributed by atoms with Gasteiger partial charge >= 0.3 is 0 Å². The van der Waals surface area contributed by atoms with E-state index in [2.05, 4.69) is 10.6 Å². The van der Waals surface area contributed by atoms with E-state index in [0.29, 0.717) is 17.2 Å². The van der Waals surface area contributed by atoms with Crippen molar-refractivity contribution in [2.24, 2.45) is 0 Å². The first-order chi connectivity index (χ1) is 11.0. The molecule has 2 N–H and O–H groups in total. The van der Waals surface area contributed by atoms with Crippen molar-refractivity contribution in [1.82, 2.24) is 5.32 Å². The molecule has 0 saturated carbocycles. The summed E-state index contributed by atoms with van der Waals surface area (Å²) in [5.74, 6) is 0.433. The first-order valence-corrected chi connectivity index (χ1v) is 7.89. The zero-order valence-corrected chi connectivity index (χ0v) is 14.4. The second-order valence-corrected chi connectivity index (χ2v) is 5.65. The van der Waals surface area contributed by atoms with E-state index in [-0.39, 0.29) is 11.0 Å². The predicted octanol–water partition coefficient (Wildman–Crippen LogP) is 4.17. The normalized spacial score (nSPS) is 10.0. The molecule has 0 aliphatic heterocycles. The Bertz CT molecular complexity index is 717. The third-order valence-electron chi connectivity index (χ3n) is 3.08. The maximum absolute atomic E-state index is 12.1. The number of halogens is 1. The number of carbonyl (C=O) groups is 1. The lowest BCUT2D eigenvalue weighted by Crippen LogP contribution is -2.34. The van der Waals surface area contributed by atoms with E-state index >= 15 is 0 Å². The Morgan fingerprint density at radius 1 is 1.22 bits per heavy atom. The average molecular weight is 349 g/mol. The summed E-state index contributed by atoms with van der Waals surface area (Å²) < 4.78 is 5.34. The van der Waals surface area contributed by atoms with Gasteiger partial charge in [0.2, 0.25) is 0 Å². The highest BCUT2D eigenvalue weighted by molar-refractivity contribution is 7.80. The van der Waals surface area contributed by atoms with Crippen LogP contribution in [0.15, 0.2) is 42.5 Å². The first kappa shape index (κ1) is 17.2. The summed E-state index contributed by atoms with van der Waals surface area (Å²) in [7, 11) is 0. The molecule has 23 heavy (non-hydrogen) atoms. The predicted molar refractivity (Wildman–Crippen MR) is 97.5 cm³/mol. The number of anilines is 1. The van der Waals surface area contributed by atoms with Gasteiger partial charge in [0.05, 0.1) is 6.61 Å². The van der Waals surface area contributed by atoms with Gasteiger partial charge in [-0.15, -0.1) is 0 Å². The van der Waals surface area contributed by atoms with E-state index < -0.39 is 0 Å². The number of rotatable bonds is 4. The van der Waals surface area contributed by atoms with Crippen LogP contribution in [0.3, 0.4) is 0 Å². The monoisotopic (exact) mass is 348 g/mol. The van der Waals surface area contributed by atoms with Gasteiger partial charge in [-0.1, -0.05) is 17.7 Å². The molecule has 1 amide bonds. The minimum atomic E-state index is -0.288. The zero-order valence-electron chi connectivity index (χ0n) is 12.9. The molecule has 0 saturated heterocycles. The zero-order chi connectivity index (χ0) is 16.8. The Hall–Kier alpha value is -2.11. The molecule has 2 rings (SSSR count). The third kappa shape index (κ3) is 4.94. The van der Waals surface area contributed by atoms with Crippen LogP contribution in [0.1, 0.15) is 22.8 Å². The maximum Gasteiger partial charge on any atom is 0.257 e. The summed E-state index contributed by atoms with van der Waals surface area (Å²) in [6.07, 6.45) is 0. The second-order valence-electron chi connectivity index (χ2n) is 4.83. The van der Waals surface area contributed by atoms with Crippen molar-refractivity contribution in [3.05, 3.63) is 58.6 Å². The fourth-order valence-corrected chi connectivity index (χ4v) is 2.27. The number of thiocarbonyl (C=S) groups is 1. The van der Waals surface area contributed by atoms with Crippen molar-refractivity contribution in [3.63, 3.8) is 0 Å². The van der Waals surface area contributed by atoms with Crippen molar-refractivity contribution in [2.75, 3.05) is 11.9 Å². The summed E-state index contributed by atoms with van der Waals surface area (Å²) in [5, 5.41) is 6.41. The van der Waals surface area contributed by atoms with E-state index in [4.69, 9.17) is 28.6 Å². The van der Waals surface area contributed by atoms with Gasteiger partial charge in [0.1, 0.15) is 5.75 Å². The van der Waals surface area contributed by atoms with Crippen LogP contribution in [0.5, 0.6) is 5.75 Å². The number of amides is 1. The molecule has 120 valence electrons. The summed E-state index contributed by atoms with van der Waals surface area (Å²) in [4.78, 5) is 12.1. The molecule has 2 aromatic rings. The molecule has 0 unspecified atom stereocenters. The van der Waals surface area contributed by atoms with Gasteiger partial charge in [-0.25, -0.2) is 0 Å². The van der Waals surface area contributed by atoms with Crippen LogP contribution in [0, 0.1) is 6.92 Å². The van der Waals surface area contributed by atoms with E-state index in [1.165, 1.54) is 0 Å². The van der Waals surface area contributed by atoms with Crippen molar-refractivity contribution >= 4 is 40.5 Å². The molecule has 0 heterocycles. The molecule has 0 bridgehead atoms.